The molecule has 1 N–H and O–H groups in total. The largest absolute Gasteiger partial charge is 0.494 e. The molecule has 0 unspecified atom stereocenters. The lowest BCUT2D eigenvalue weighted by Crippen LogP contribution is -2.31. The molecule has 28 heavy (non-hydrogen) atoms. The summed E-state index contributed by atoms with van der Waals surface area (Å²) < 4.78 is 19.6. The number of rotatable bonds is 7. The summed E-state index contributed by atoms with van der Waals surface area (Å²) >= 11 is 0. The molecular formula is C21H20FN3O3. The van der Waals surface area contributed by atoms with Crippen LogP contribution in [0.5, 0.6) is 5.75 Å². The summed E-state index contributed by atoms with van der Waals surface area (Å²) in [4.78, 5) is 24.1. The van der Waals surface area contributed by atoms with Crippen LogP contribution in [-0.2, 0) is 6.54 Å². The third-order valence-electron chi connectivity index (χ3n) is 4.04. The van der Waals surface area contributed by atoms with Crippen LogP contribution in [-0.4, -0.2) is 28.8 Å². The lowest BCUT2D eigenvalue weighted by molar-refractivity contribution is 0.0951. The molecule has 0 atom stereocenters. The van der Waals surface area contributed by atoms with Gasteiger partial charge in [0.25, 0.3) is 11.5 Å². The molecule has 144 valence electrons. The highest BCUT2D eigenvalue weighted by Gasteiger charge is 2.07. The van der Waals surface area contributed by atoms with Gasteiger partial charge in [-0.25, -0.2) is 9.07 Å². The Hall–Kier alpha value is -3.48. The minimum Gasteiger partial charge on any atom is -0.494 e. The number of ether oxygens (including phenoxy) is 1. The van der Waals surface area contributed by atoms with Gasteiger partial charge in [-0.3, -0.25) is 9.59 Å². The predicted octanol–water partition coefficient (Wildman–Crippen LogP) is 2.88. The van der Waals surface area contributed by atoms with E-state index in [0.29, 0.717) is 17.9 Å². The van der Waals surface area contributed by atoms with Crippen molar-refractivity contribution in [3.05, 3.63) is 82.4 Å². The van der Waals surface area contributed by atoms with Crippen molar-refractivity contribution in [2.75, 3.05) is 13.2 Å². The number of carbonyl (C=O) groups is 1. The highest BCUT2D eigenvalue weighted by Crippen LogP contribution is 2.19. The van der Waals surface area contributed by atoms with E-state index in [1.807, 2.05) is 31.2 Å². The molecule has 0 aliphatic carbocycles. The average molecular weight is 381 g/mol. The van der Waals surface area contributed by atoms with E-state index < -0.39 is 5.82 Å². The predicted molar refractivity (Wildman–Crippen MR) is 104 cm³/mol. The quantitative estimate of drug-likeness (QED) is 0.683. The van der Waals surface area contributed by atoms with Crippen LogP contribution in [0, 0.1) is 5.82 Å². The van der Waals surface area contributed by atoms with Crippen molar-refractivity contribution in [1.29, 1.82) is 0 Å². The van der Waals surface area contributed by atoms with Gasteiger partial charge in [0.2, 0.25) is 0 Å². The van der Waals surface area contributed by atoms with E-state index in [2.05, 4.69) is 10.4 Å². The zero-order valence-electron chi connectivity index (χ0n) is 15.4. The first-order valence-electron chi connectivity index (χ1n) is 8.92. The monoisotopic (exact) mass is 381 g/mol. The van der Waals surface area contributed by atoms with Gasteiger partial charge in [0.1, 0.15) is 11.6 Å². The second-order valence-corrected chi connectivity index (χ2v) is 6.00. The second-order valence-electron chi connectivity index (χ2n) is 6.00. The van der Waals surface area contributed by atoms with Crippen LogP contribution >= 0.6 is 0 Å². The SMILES string of the molecule is CCOc1ccc(-c2ccc(=O)n(CCNC(=O)c3ccc(F)cc3)n2)cc1. The van der Waals surface area contributed by atoms with E-state index in [1.165, 1.54) is 35.0 Å². The fourth-order valence-corrected chi connectivity index (χ4v) is 2.63. The summed E-state index contributed by atoms with van der Waals surface area (Å²) in [6.45, 7) is 2.94. The number of nitrogens with zero attached hydrogens (tertiary/aromatic N) is 2. The summed E-state index contributed by atoms with van der Waals surface area (Å²) in [6, 6.07) is 15.8. The highest BCUT2D eigenvalue weighted by atomic mass is 19.1. The van der Waals surface area contributed by atoms with Gasteiger partial charge in [0, 0.05) is 23.7 Å². The Bertz CT molecular complexity index is 999. The molecule has 0 saturated heterocycles. The van der Waals surface area contributed by atoms with Gasteiger partial charge < -0.3 is 10.1 Å². The maximum Gasteiger partial charge on any atom is 0.266 e. The molecule has 1 aromatic heterocycles. The Morgan fingerprint density at radius 3 is 2.46 bits per heavy atom. The minimum atomic E-state index is -0.404. The van der Waals surface area contributed by atoms with Gasteiger partial charge in [-0.1, -0.05) is 0 Å². The molecule has 6 nitrogen and oxygen atoms in total. The first kappa shape index (κ1) is 19.3. The van der Waals surface area contributed by atoms with Crippen molar-refractivity contribution in [1.82, 2.24) is 15.1 Å². The number of hydrogen-bond acceptors (Lipinski definition) is 4. The number of benzene rings is 2. The number of amides is 1. The van der Waals surface area contributed by atoms with E-state index in [-0.39, 0.29) is 24.6 Å². The molecule has 7 heteroatoms. The van der Waals surface area contributed by atoms with Crippen molar-refractivity contribution in [2.24, 2.45) is 0 Å². The zero-order valence-corrected chi connectivity index (χ0v) is 15.4. The van der Waals surface area contributed by atoms with E-state index in [1.54, 1.807) is 6.07 Å². The van der Waals surface area contributed by atoms with E-state index in [4.69, 9.17) is 4.74 Å². The van der Waals surface area contributed by atoms with Gasteiger partial charge in [-0.05, 0) is 61.5 Å². The normalized spacial score (nSPS) is 10.5. The van der Waals surface area contributed by atoms with E-state index in [9.17, 15) is 14.0 Å². The molecule has 3 rings (SSSR count). The Kier molecular flexibility index (Phi) is 6.16. The number of hydrogen-bond donors (Lipinski definition) is 1. The minimum absolute atomic E-state index is 0.218. The average Bonchev–Trinajstić information content (AvgIpc) is 2.71. The zero-order chi connectivity index (χ0) is 19.9. The molecule has 0 saturated carbocycles. The number of nitrogens with one attached hydrogen (secondary N) is 1. The van der Waals surface area contributed by atoms with Gasteiger partial charge in [-0.2, -0.15) is 5.10 Å². The molecule has 0 aliphatic rings. The maximum absolute atomic E-state index is 12.9. The Balaban J connectivity index is 1.65. The van der Waals surface area contributed by atoms with Crippen LogP contribution in [0.4, 0.5) is 4.39 Å². The third-order valence-corrected chi connectivity index (χ3v) is 4.04. The second kappa shape index (κ2) is 8.94. The fraction of sp³-hybridized carbons (Fsp3) is 0.190. The lowest BCUT2D eigenvalue weighted by atomic mass is 10.1. The smallest absolute Gasteiger partial charge is 0.266 e. The van der Waals surface area contributed by atoms with Crippen LogP contribution in [0.1, 0.15) is 17.3 Å². The van der Waals surface area contributed by atoms with Crippen molar-refractivity contribution in [3.63, 3.8) is 0 Å². The van der Waals surface area contributed by atoms with Crippen LogP contribution in [0.15, 0.2) is 65.5 Å². The summed E-state index contributed by atoms with van der Waals surface area (Å²) in [5.74, 6) is 0.0252. The standard InChI is InChI=1S/C21H20FN3O3/c1-2-28-18-9-5-15(6-10-18)19-11-12-20(26)25(24-19)14-13-23-21(27)16-3-7-17(22)8-4-16/h3-12H,2,13-14H2,1H3,(H,23,27). The van der Waals surface area contributed by atoms with Gasteiger partial charge in [-0.15, -0.1) is 0 Å². The van der Waals surface area contributed by atoms with Crippen LogP contribution in [0.25, 0.3) is 11.3 Å². The third kappa shape index (κ3) is 4.82. The molecular weight excluding hydrogens is 361 g/mol. The number of carbonyl (C=O) groups excluding carboxylic acids is 1. The fourth-order valence-electron chi connectivity index (χ4n) is 2.63. The van der Waals surface area contributed by atoms with Crippen molar-refractivity contribution < 1.29 is 13.9 Å². The van der Waals surface area contributed by atoms with Gasteiger partial charge >= 0.3 is 0 Å². The van der Waals surface area contributed by atoms with Crippen molar-refractivity contribution >= 4 is 5.91 Å². The molecule has 1 amide bonds. The van der Waals surface area contributed by atoms with Crippen LogP contribution in [0.3, 0.4) is 0 Å². The summed E-state index contributed by atoms with van der Waals surface area (Å²) in [7, 11) is 0. The van der Waals surface area contributed by atoms with Crippen molar-refractivity contribution in [3.8, 4) is 17.0 Å². The first-order valence-corrected chi connectivity index (χ1v) is 8.92. The topological polar surface area (TPSA) is 73.2 Å². The molecule has 0 radical (unpaired) electrons. The molecule has 3 aromatic rings. The molecule has 0 spiro atoms. The van der Waals surface area contributed by atoms with Crippen LogP contribution < -0.4 is 15.6 Å². The number of halogens is 1. The summed E-state index contributed by atoms with van der Waals surface area (Å²) in [5, 5.41) is 7.06. The molecule has 0 bridgehead atoms. The molecule has 0 fully saturated rings. The lowest BCUT2D eigenvalue weighted by Gasteiger charge is -2.09. The summed E-state index contributed by atoms with van der Waals surface area (Å²) in [5.41, 5.74) is 1.59. The van der Waals surface area contributed by atoms with Crippen molar-refractivity contribution in [2.45, 2.75) is 13.5 Å². The maximum atomic E-state index is 12.9. The first-order chi connectivity index (χ1) is 13.6. The number of aromatic nitrogens is 2. The van der Waals surface area contributed by atoms with E-state index in [0.717, 1.165) is 11.3 Å². The van der Waals surface area contributed by atoms with Gasteiger partial charge in [0.05, 0.1) is 18.8 Å². The van der Waals surface area contributed by atoms with Gasteiger partial charge in [0.15, 0.2) is 0 Å². The Morgan fingerprint density at radius 1 is 1.07 bits per heavy atom. The Morgan fingerprint density at radius 2 is 1.79 bits per heavy atom. The molecule has 0 aliphatic heterocycles. The Labute approximate surface area is 161 Å². The van der Waals surface area contributed by atoms with E-state index >= 15 is 0 Å². The molecule has 1 heterocycles. The summed E-state index contributed by atoms with van der Waals surface area (Å²) in [6.07, 6.45) is 0. The van der Waals surface area contributed by atoms with Crippen LogP contribution in [0.2, 0.25) is 0 Å². The molecule has 2 aromatic carbocycles. The highest BCUT2D eigenvalue weighted by molar-refractivity contribution is 5.94.